The van der Waals surface area contributed by atoms with Gasteiger partial charge >= 0.3 is 17.9 Å². The Morgan fingerprint density at radius 2 is 0.446 bits per heavy atom. The van der Waals surface area contributed by atoms with Crippen LogP contribution in [0.1, 0.15) is 374 Å². The fourth-order valence-corrected chi connectivity index (χ4v) is 10.1. The van der Waals surface area contributed by atoms with Crippen molar-refractivity contribution in [2.24, 2.45) is 0 Å². The maximum atomic E-state index is 12.8. The van der Waals surface area contributed by atoms with Gasteiger partial charge in [0.15, 0.2) is 6.10 Å². The van der Waals surface area contributed by atoms with Gasteiger partial charge in [0.25, 0.3) is 0 Å². The summed E-state index contributed by atoms with van der Waals surface area (Å²) in [6.07, 6.45) is 76.5. The Labute approximate surface area is 462 Å². The number of esters is 3. The van der Waals surface area contributed by atoms with Crippen molar-refractivity contribution in [3.05, 3.63) is 24.3 Å². The molecule has 0 heterocycles. The third-order valence-electron chi connectivity index (χ3n) is 15.2. The largest absolute Gasteiger partial charge is 0.462 e. The second-order valence-corrected chi connectivity index (χ2v) is 22.7. The van der Waals surface area contributed by atoms with E-state index < -0.39 is 6.10 Å². The van der Waals surface area contributed by atoms with Crippen molar-refractivity contribution in [1.29, 1.82) is 0 Å². The Hall–Kier alpha value is -2.11. The fraction of sp³-hybridized carbons (Fsp3) is 0.897. The molecular weight excluding hydrogens is 913 g/mol. The molecule has 6 heteroatoms. The summed E-state index contributed by atoms with van der Waals surface area (Å²) in [4.78, 5) is 38.2. The van der Waals surface area contributed by atoms with Crippen LogP contribution < -0.4 is 0 Å². The predicted octanol–water partition coefficient (Wildman–Crippen LogP) is 22.6. The topological polar surface area (TPSA) is 78.9 Å². The van der Waals surface area contributed by atoms with Crippen LogP contribution in [-0.4, -0.2) is 37.2 Å². The first kappa shape index (κ1) is 71.9. The molecule has 436 valence electrons. The van der Waals surface area contributed by atoms with Gasteiger partial charge in [-0.2, -0.15) is 0 Å². The lowest BCUT2D eigenvalue weighted by Crippen LogP contribution is -2.30. The molecule has 0 spiro atoms. The smallest absolute Gasteiger partial charge is 0.306 e. The summed E-state index contributed by atoms with van der Waals surface area (Å²) in [5, 5.41) is 0. The van der Waals surface area contributed by atoms with E-state index in [0.717, 1.165) is 70.6 Å². The van der Waals surface area contributed by atoms with E-state index in [2.05, 4.69) is 45.1 Å². The lowest BCUT2D eigenvalue weighted by molar-refractivity contribution is -0.167. The Bertz CT molecular complexity index is 1190. The van der Waals surface area contributed by atoms with E-state index in [1.165, 1.54) is 263 Å². The van der Waals surface area contributed by atoms with Gasteiger partial charge in [-0.15, -0.1) is 0 Å². The van der Waals surface area contributed by atoms with Gasteiger partial charge in [0.2, 0.25) is 0 Å². The number of rotatable bonds is 62. The quantitative estimate of drug-likeness (QED) is 0.0261. The second-order valence-electron chi connectivity index (χ2n) is 22.7. The lowest BCUT2D eigenvalue weighted by Gasteiger charge is -2.18. The number of hydrogen-bond acceptors (Lipinski definition) is 6. The third-order valence-corrected chi connectivity index (χ3v) is 15.2. The van der Waals surface area contributed by atoms with E-state index in [-0.39, 0.29) is 31.1 Å². The van der Waals surface area contributed by atoms with Crippen LogP contribution in [0, 0.1) is 0 Å². The number of allylic oxidation sites excluding steroid dienone is 4. The van der Waals surface area contributed by atoms with Crippen LogP contribution in [0.4, 0.5) is 0 Å². The van der Waals surface area contributed by atoms with Crippen molar-refractivity contribution in [3.63, 3.8) is 0 Å². The van der Waals surface area contributed by atoms with E-state index in [9.17, 15) is 14.4 Å². The summed E-state index contributed by atoms with van der Waals surface area (Å²) < 4.78 is 16.9. The normalized spacial score (nSPS) is 12.1. The lowest BCUT2D eigenvalue weighted by atomic mass is 10.0. The zero-order valence-electron chi connectivity index (χ0n) is 50.1. The van der Waals surface area contributed by atoms with Crippen LogP contribution in [0.15, 0.2) is 24.3 Å². The van der Waals surface area contributed by atoms with Gasteiger partial charge in [0.05, 0.1) is 0 Å². The van der Waals surface area contributed by atoms with Crippen LogP contribution in [0.3, 0.4) is 0 Å². The van der Waals surface area contributed by atoms with Gasteiger partial charge < -0.3 is 14.2 Å². The summed E-state index contributed by atoms with van der Waals surface area (Å²) in [5.74, 6) is -0.869. The van der Waals surface area contributed by atoms with Crippen LogP contribution in [-0.2, 0) is 28.6 Å². The molecule has 0 saturated heterocycles. The zero-order valence-corrected chi connectivity index (χ0v) is 50.1. The van der Waals surface area contributed by atoms with Crippen molar-refractivity contribution in [2.45, 2.75) is 380 Å². The van der Waals surface area contributed by atoms with E-state index in [0.29, 0.717) is 19.3 Å². The number of hydrogen-bond donors (Lipinski definition) is 0. The Balaban J connectivity index is 4.05. The standard InChI is InChI=1S/C68H128O6/c1-4-7-10-13-16-19-22-25-26-27-28-29-30-31-32-33-34-35-36-37-38-39-40-41-42-44-46-49-52-55-58-61-67(70)73-64-65(63-72-66(69)60-57-54-51-48-45-24-21-18-15-12-9-6-3)74-68(71)62-59-56-53-50-47-43-23-20-17-14-11-8-5-2/h18,20-21,23,65H,4-17,19,22,24-64H2,1-3H3/b21-18-,23-20-. The molecule has 1 unspecified atom stereocenters. The van der Waals surface area contributed by atoms with Crippen molar-refractivity contribution < 1.29 is 28.6 Å². The molecule has 0 aromatic rings. The second kappa shape index (κ2) is 63.4. The first-order chi connectivity index (χ1) is 36.5. The molecule has 0 aromatic heterocycles. The fourth-order valence-electron chi connectivity index (χ4n) is 10.1. The molecule has 0 aliphatic rings. The molecular formula is C68H128O6. The SMILES string of the molecule is CCCCC/C=C\CCCCCCCC(=O)OCC(COC(=O)CCCCCCCCCCCCCCCCCCCCCCCCCCCCCCCCC)OC(=O)CCCCCCC/C=C\CCCCCC. The van der Waals surface area contributed by atoms with Crippen molar-refractivity contribution in [1.82, 2.24) is 0 Å². The molecule has 0 amide bonds. The molecule has 0 fully saturated rings. The van der Waals surface area contributed by atoms with Gasteiger partial charge in [0, 0.05) is 19.3 Å². The van der Waals surface area contributed by atoms with E-state index in [1.54, 1.807) is 0 Å². The van der Waals surface area contributed by atoms with Crippen LogP contribution in [0.5, 0.6) is 0 Å². The van der Waals surface area contributed by atoms with Crippen molar-refractivity contribution >= 4 is 17.9 Å². The summed E-state index contributed by atoms with van der Waals surface area (Å²) in [5.41, 5.74) is 0. The maximum absolute atomic E-state index is 12.8. The highest BCUT2D eigenvalue weighted by Gasteiger charge is 2.19. The molecule has 0 bridgehead atoms. The highest BCUT2D eigenvalue weighted by molar-refractivity contribution is 5.71. The van der Waals surface area contributed by atoms with E-state index in [4.69, 9.17) is 14.2 Å². The van der Waals surface area contributed by atoms with Crippen LogP contribution >= 0.6 is 0 Å². The summed E-state index contributed by atoms with van der Waals surface area (Å²) in [6.45, 7) is 6.64. The molecule has 0 radical (unpaired) electrons. The summed E-state index contributed by atoms with van der Waals surface area (Å²) in [6, 6.07) is 0. The molecule has 0 rings (SSSR count). The Morgan fingerprint density at radius 3 is 0.716 bits per heavy atom. The third kappa shape index (κ3) is 60.8. The minimum atomic E-state index is -0.775. The molecule has 0 N–H and O–H groups in total. The first-order valence-electron chi connectivity index (χ1n) is 33.3. The highest BCUT2D eigenvalue weighted by atomic mass is 16.6. The number of ether oxygens (including phenoxy) is 3. The molecule has 0 saturated carbocycles. The van der Waals surface area contributed by atoms with Gasteiger partial charge in [-0.25, -0.2) is 0 Å². The highest BCUT2D eigenvalue weighted by Crippen LogP contribution is 2.18. The van der Waals surface area contributed by atoms with E-state index in [1.807, 2.05) is 0 Å². The summed E-state index contributed by atoms with van der Waals surface area (Å²) in [7, 11) is 0. The number of carbonyl (C=O) groups is 3. The minimum Gasteiger partial charge on any atom is -0.462 e. The summed E-state index contributed by atoms with van der Waals surface area (Å²) >= 11 is 0. The van der Waals surface area contributed by atoms with Gasteiger partial charge in [0.1, 0.15) is 13.2 Å². The molecule has 0 aliphatic heterocycles. The molecule has 1 atom stereocenters. The zero-order chi connectivity index (χ0) is 53.6. The molecule has 74 heavy (non-hydrogen) atoms. The van der Waals surface area contributed by atoms with Crippen LogP contribution in [0.2, 0.25) is 0 Å². The van der Waals surface area contributed by atoms with Crippen molar-refractivity contribution in [2.75, 3.05) is 13.2 Å². The predicted molar refractivity (Wildman–Crippen MR) is 321 cm³/mol. The average molecular weight is 1040 g/mol. The Morgan fingerprint density at radius 1 is 0.257 bits per heavy atom. The average Bonchev–Trinajstić information content (AvgIpc) is 3.40. The van der Waals surface area contributed by atoms with Crippen LogP contribution in [0.25, 0.3) is 0 Å². The van der Waals surface area contributed by atoms with Gasteiger partial charge in [-0.1, -0.05) is 308 Å². The number of unbranched alkanes of at least 4 members (excludes halogenated alkanes) is 47. The van der Waals surface area contributed by atoms with Gasteiger partial charge in [-0.05, 0) is 70.6 Å². The minimum absolute atomic E-state index is 0.0728. The van der Waals surface area contributed by atoms with E-state index >= 15 is 0 Å². The number of carbonyl (C=O) groups excluding carboxylic acids is 3. The maximum Gasteiger partial charge on any atom is 0.306 e. The van der Waals surface area contributed by atoms with Gasteiger partial charge in [-0.3, -0.25) is 14.4 Å². The first-order valence-corrected chi connectivity index (χ1v) is 33.3. The molecule has 6 nitrogen and oxygen atoms in total. The molecule has 0 aromatic carbocycles. The van der Waals surface area contributed by atoms with Crippen molar-refractivity contribution in [3.8, 4) is 0 Å². The molecule has 0 aliphatic carbocycles. The Kier molecular flexibility index (Phi) is 61.6. The monoisotopic (exact) mass is 1040 g/mol.